The molecule has 2 N–H and O–H groups in total. The summed E-state index contributed by atoms with van der Waals surface area (Å²) in [6.45, 7) is 4.94. The van der Waals surface area contributed by atoms with Crippen molar-refractivity contribution >= 4 is 5.91 Å². The molecule has 0 spiro atoms. The van der Waals surface area contributed by atoms with E-state index in [-0.39, 0.29) is 5.91 Å². The summed E-state index contributed by atoms with van der Waals surface area (Å²) in [6.07, 6.45) is 1.58. The van der Waals surface area contributed by atoms with Crippen LogP contribution >= 0.6 is 0 Å². The molecule has 27 heavy (non-hydrogen) atoms. The Kier molecular flexibility index (Phi) is 5.32. The number of furan rings is 1. The number of morpholine rings is 1. The van der Waals surface area contributed by atoms with Gasteiger partial charge >= 0.3 is 0 Å². The van der Waals surface area contributed by atoms with Crippen LogP contribution in [0.4, 0.5) is 0 Å². The molecule has 2 aromatic heterocycles. The Balaban J connectivity index is 1.30. The van der Waals surface area contributed by atoms with Crippen LogP contribution in [0.15, 0.2) is 53.1 Å². The number of hydrogen-bond donors (Lipinski definition) is 2. The summed E-state index contributed by atoms with van der Waals surface area (Å²) in [5.41, 5.74) is 3.33. The van der Waals surface area contributed by atoms with Crippen molar-refractivity contribution in [3.8, 4) is 11.5 Å². The summed E-state index contributed by atoms with van der Waals surface area (Å²) in [7, 11) is 0. The highest BCUT2D eigenvalue weighted by Gasteiger charge is 2.13. The molecule has 1 aliphatic heterocycles. The third-order valence-electron chi connectivity index (χ3n) is 4.58. The molecule has 0 aliphatic carbocycles. The molecule has 0 unspecified atom stereocenters. The smallest absolute Gasteiger partial charge is 0.272 e. The molecular formula is C20H22N4O3. The van der Waals surface area contributed by atoms with E-state index < -0.39 is 0 Å². The summed E-state index contributed by atoms with van der Waals surface area (Å²) < 4.78 is 10.7. The molecular weight excluding hydrogens is 344 g/mol. The first-order valence-corrected chi connectivity index (χ1v) is 9.03. The van der Waals surface area contributed by atoms with Gasteiger partial charge in [0.1, 0.15) is 5.69 Å². The van der Waals surface area contributed by atoms with Gasteiger partial charge in [0.05, 0.1) is 19.5 Å². The minimum absolute atomic E-state index is 0.221. The van der Waals surface area contributed by atoms with E-state index in [9.17, 15) is 4.79 Å². The predicted octanol–water partition coefficient (Wildman–Crippen LogP) is 2.43. The van der Waals surface area contributed by atoms with Crippen molar-refractivity contribution in [2.24, 2.45) is 0 Å². The maximum absolute atomic E-state index is 12.3. The van der Waals surface area contributed by atoms with E-state index in [4.69, 9.17) is 9.15 Å². The van der Waals surface area contributed by atoms with Crippen LogP contribution in [0.1, 0.15) is 21.6 Å². The van der Waals surface area contributed by atoms with Crippen molar-refractivity contribution in [1.82, 2.24) is 20.4 Å². The second-order valence-electron chi connectivity index (χ2n) is 6.53. The molecule has 1 amide bonds. The number of aromatic amines is 1. The summed E-state index contributed by atoms with van der Waals surface area (Å²) in [4.78, 5) is 14.7. The second-order valence-corrected chi connectivity index (χ2v) is 6.53. The molecule has 1 aliphatic rings. The molecule has 140 valence electrons. The Labute approximate surface area is 157 Å². The molecule has 0 radical (unpaired) electrons. The zero-order chi connectivity index (χ0) is 18.5. The topological polar surface area (TPSA) is 83.4 Å². The van der Waals surface area contributed by atoms with E-state index in [1.165, 1.54) is 5.56 Å². The number of hydrogen-bond acceptors (Lipinski definition) is 5. The summed E-state index contributed by atoms with van der Waals surface area (Å²) in [6, 6.07) is 13.6. The van der Waals surface area contributed by atoms with Crippen LogP contribution in [0.3, 0.4) is 0 Å². The zero-order valence-electron chi connectivity index (χ0n) is 15.0. The van der Waals surface area contributed by atoms with Gasteiger partial charge in [0.25, 0.3) is 5.91 Å². The maximum atomic E-state index is 12.3. The molecule has 1 saturated heterocycles. The number of nitrogens with one attached hydrogen (secondary N) is 2. The third kappa shape index (κ3) is 4.45. The first-order valence-electron chi connectivity index (χ1n) is 9.03. The summed E-state index contributed by atoms with van der Waals surface area (Å²) >= 11 is 0. The Bertz CT molecular complexity index is 865. The molecule has 0 saturated carbocycles. The standard InChI is InChI=1S/C20H22N4O3/c25-20(18-12-17(22-23-18)19-2-1-9-27-19)21-13-15-3-5-16(6-4-15)14-24-7-10-26-11-8-24/h1-6,9,12H,7-8,10-11,13-14H2,(H,21,25)(H,22,23). The van der Waals surface area contributed by atoms with Crippen LogP contribution in [-0.4, -0.2) is 47.3 Å². The average molecular weight is 366 g/mol. The van der Waals surface area contributed by atoms with Gasteiger partial charge in [-0.25, -0.2) is 0 Å². The van der Waals surface area contributed by atoms with Crippen molar-refractivity contribution in [3.05, 3.63) is 65.5 Å². The van der Waals surface area contributed by atoms with Crippen LogP contribution in [0.25, 0.3) is 11.5 Å². The lowest BCUT2D eigenvalue weighted by molar-refractivity contribution is 0.0342. The van der Waals surface area contributed by atoms with Crippen molar-refractivity contribution in [3.63, 3.8) is 0 Å². The largest absolute Gasteiger partial charge is 0.463 e. The van der Waals surface area contributed by atoms with E-state index in [1.807, 2.05) is 6.07 Å². The van der Waals surface area contributed by atoms with E-state index in [2.05, 4.69) is 44.7 Å². The Hall–Kier alpha value is -2.90. The Morgan fingerprint density at radius 3 is 2.67 bits per heavy atom. The number of aromatic nitrogens is 2. The fraction of sp³-hybridized carbons (Fsp3) is 0.300. The van der Waals surface area contributed by atoms with E-state index in [0.29, 0.717) is 23.7 Å². The third-order valence-corrected chi connectivity index (χ3v) is 4.58. The first kappa shape index (κ1) is 17.5. The fourth-order valence-corrected chi connectivity index (χ4v) is 3.05. The molecule has 1 fully saturated rings. The second kappa shape index (κ2) is 8.20. The number of carbonyl (C=O) groups is 1. The van der Waals surface area contributed by atoms with Crippen molar-refractivity contribution in [2.75, 3.05) is 26.3 Å². The molecule has 1 aromatic carbocycles. The normalized spacial score (nSPS) is 15.0. The monoisotopic (exact) mass is 366 g/mol. The fourth-order valence-electron chi connectivity index (χ4n) is 3.05. The van der Waals surface area contributed by atoms with Crippen molar-refractivity contribution in [2.45, 2.75) is 13.1 Å². The first-order chi connectivity index (χ1) is 13.3. The number of rotatable bonds is 6. The van der Waals surface area contributed by atoms with E-state index in [0.717, 1.165) is 38.4 Å². The molecule has 0 atom stereocenters. The van der Waals surface area contributed by atoms with Gasteiger partial charge in [-0.05, 0) is 23.3 Å². The molecule has 0 bridgehead atoms. The number of H-pyrrole nitrogens is 1. The molecule has 3 aromatic rings. The van der Waals surface area contributed by atoms with Gasteiger partial charge in [0.15, 0.2) is 11.5 Å². The molecule has 7 heteroatoms. The zero-order valence-corrected chi connectivity index (χ0v) is 15.0. The maximum Gasteiger partial charge on any atom is 0.272 e. The molecule has 7 nitrogen and oxygen atoms in total. The van der Waals surface area contributed by atoms with Crippen LogP contribution in [0.5, 0.6) is 0 Å². The molecule has 3 heterocycles. The minimum Gasteiger partial charge on any atom is -0.463 e. The highest BCUT2D eigenvalue weighted by molar-refractivity contribution is 5.93. The minimum atomic E-state index is -0.221. The quantitative estimate of drug-likeness (QED) is 0.700. The number of benzene rings is 1. The number of nitrogens with zero attached hydrogens (tertiary/aromatic N) is 2. The van der Waals surface area contributed by atoms with Crippen LogP contribution in [0.2, 0.25) is 0 Å². The Morgan fingerprint density at radius 2 is 1.93 bits per heavy atom. The van der Waals surface area contributed by atoms with E-state index >= 15 is 0 Å². The highest BCUT2D eigenvalue weighted by Crippen LogP contribution is 2.17. The number of ether oxygens (including phenoxy) is 1. The number of amides is 1. The van der Waals surface area contributed by atoms with Gasteiger partial charge < -0.3 is 14.5 Å². The van der Waals surface area contributed by atoms with Crippen LogP contribution in [-0.2, 0) is 17.8 Å². The van der Waals surface area contributed by atoms with Crippen LogP contribution in [0, 0.1) is 0 Å². The van der Waals surface area contributed by atoms with E-state index in [1.54, 1.807) is 18.4 Å². The lowest BCUT2D eigenvalue weighted by Crippen LogP contribution is -2.35. The lowest BCUT2D eigenvalue weighted by Gasteiger charge is -2.26. The van der Waals surface area contributed by atoms with Gasteiger partial charge in [-0.15, -0.1) is 0 Å². The SMILES string of the molecule is O=C(NCc1ccc(CN2CCOCC2)cc1)c1cc(-c2ccco2)[nH]n1. The summed E-state index contributed by atoms with van der Waals surface area (Å²) in [5, 5.41) is 9.76. The van der Waals surface area contributed by atoms with Gasteiger partial charge in [-0.2, -0.15) is 5.10 Å². The van der Waals surface area contributed by atoms with Crippen molar-refractivity contribution < 1.29 is 13.9 Å². The summed E-state index contributed by atoms with van der Waals surface area (Å²) in [5.74, 6) is 0.429. The van der Waals surface area contributed by atoms with Crippen molar-refractivity contribution in [1.29, 1.82) is 0 Å². The van der Waals surface area contributed by atoms with Crippen LogP contribution < -0.4 is 5.32 Å². The predicted molar refractivity (Wildman–Crippen MR) is 100.0 cm³/mol. The highest BCUT2D eigenvalue weighted by atomic mass is 16.5. The van der Waals surface area contributed by atoms with Gasteiger partial charge in [-0.1, -0.05) is 24.3 Å². The molecule has 4 rings (SSSR count). The van der Waals surface area contributed by atoms with Gasteiger partial charge in [0, 0.05) is 32.2 Å². The van der Waals surface area contributed by atoms with Gasteiger partial charge in [0.2, 0.25) is 0 Å². The Morgan fingerprint density at radius 1 is 1.15 bits per heavy atom. The number of carbonyl (C=O) groups excluding carboxylic acids is 1. The average Bonchev–Trinajstić information content (AvgIpc) is 3.40. The van der Waals surface area contributed by atoms with Gasteiger partial charge in [-0.3, -0.25) is 14.8 Å². The lowest BCUT2D eigenvalue weighted by atomic mass is 10.1.